The topological polar surface area (TPSA) is 98.7 Å². The first-order chi connectivity index (χ1) is 13.3. The molecule has 0 unspecified atom stereocenters. The number of halogens is 1. The Morgan fingerprint density at radius 1 is 0.857 bits per heavy atom. The van der Waals surface area contributed by atoms with Gasteiger partial charge in [0.05, 0.1) is 10.9 Å². The largest absolute Gasteiger partial charge is 0.545 e. The van der Waals surface area contributed by atoms with E-state index in [-0.39, 0.29) is 16.3 Å². The molecule has 0 atom stereocenters. The van der Waals surface area contributed by atoms with Crippen LogP contribution in [0.2, 0.25) is 5.02 Å². The number of sulfonamides is 1. The highest BCUT2D eigenvalue weighted by atomic mass is 35.5. The first kappa shape index (κ1) is 19.6. The van der Waals surface area contributed by atoms with Gasteiger partial charge in [0.2, 0.25) is 0 Å². The number of nitrogens with one attached hydrogen (secondary N) is 1. The average Bonchev–Trinajstić information content (AvgIpc) is 2.69. The van der Waals surface area contributed by atoms with E-state index in [0.717, 1.165) is 0 Å². The lowest BCUT2D eigenvalue weighted by atomic mass is 10.2. The van der Waals surface area contributed by atoms with E-state index < -0.39 is 16.0 Å². The SMILES string of the molecule is O=C([O-])c1ccc(NC(=NS(=O)(=O)c2ccc(Cl)cc2)c2ccccc2)cc1. The molecular formula is C20H14ClN2O4S-. The monoisotopic (exact) mass is 413 g/mol. The number of carbonyl (C=O) groups excluding carboxylic acids is 1. The number of amidine groups is 1. The zero-order valence-electron chi connectivity index (χ0n) is 14.4. The summed E-state index contributed by atoms with van der Waals surface area (Å²) in [4.78, 5) is 10.9. The molecule has 1 N–H and O–H groups in total. The zero-order chi connectivity index (χ0) is 20.1. The summed E-state index contributed by atoms with van der Waals surface area (Å²) in [5.41, 5.74) is 1.03. The molecule has 0 saturated heterocycles. The van der Waals surface area contributed by atoms with Crippen molar-refractivity contribution in [2.75, 3.05) is 5.32 Å². The maximum atomic E-state index is 12.7. The molecule has 0 aliphatic heterocycles. The smallest absolute Gasteiger partial charge is 0.284 e. The predicted octanol–water partition coefficient (Wildman–Crippen LogP) is 2.95. The van der Waals surface area contributed by atoms with E-state index in [1.54, 1.807) is 30.3 Å². The number of carboxylic acid groups (broad SMARTS) is 1. The fourth-order valence-electron chi connectivity index (χ4n) is 2.35. The van der Waals surface area contributed by atoms with Crippen LogP contribution in [0.5, 0.6) is 0 Å². The van der Waals surface area contributed by atoms with Gasteiger partial charge < -0.3 is 15.2 Å². The van der Waals surface area contributed by atoms with Crippen molar-refractivity contribution < 1.29 is 18.3 Å². The van der Waals surface area contributed by atoms with Gasteiger partial charge in [-0.15, -0.1) is 4.40 Å². The Balaban J connectivity index is 2.01. The molecule has 0 fully saturated rings. The van der Waals surface area contributed by atoms with Gasteiger partial charge in [-0.2, -0.15) is 8.42 Å². The lowest BCUT2D eigenvalue weighted by Gasteiger charge is -2.11. The molecule has 0 aliphatic rings. The van der Waals surface area contributed by atoms with Gasteiger partial charge in [-0.05, 0) is 42.0 Å². The third-order valence-corrected chi connectivity index (χ3v) is 5.30. The highest BCUT2D eigenvalue weighted by Crippen LogP contribution is 2.18. The molecule has 0 saturated carbocycles. The number of benzene rings is 3. The lowest BCUT2D eigenvalue weighted by Crippen LogP contribution is -2.22. The summed E-state index contributed by atoms with van der Waals surface area (Å²) >= 11 is 5.82. The van der Waals surface area contributed by atoms with Crippen LogP contribution < -0.4 is 10.4 Å². The maximum Gasteiger partial charge on any atom is 0.284 e. The summed E-state index contributed by atoms with van der Waals surface area (Å²) in [6, 6.07) is 20.1. The summed E-state index contributed by atoms with van der Waals surface area (Å²) in [6.07, 6.45) is 0. The maximum absolute atomic E-state index is 12.7. The Labute approximate surface area is 167 Å². The van der Waals surface area contributed by atoms with Crippen LogP contribution in [0.25, 0.3) is 0 Å². The van der Waals surface area contributed by atoms with Crippen LogP contribution in [-0.4, -0.2) is 20.2 Å². The van der Waals surface area contributed by atoms with Crippen LogP contribution in [0.15, 0.2) is 88.2 Å². The number of hydrogen-bond acceptors (Lipinski definition) is 4. The van der Waals surface area contributed by atoms with Gasteiger partial charge in [0.25, 0.3) is 10.0 Å². The molecule has 142 valence electrons. The number of carbonyl (C=O) groups is 1. The molecule has 0 aromatic heterocycles. The van der Waals surface area contributed by atoms with Crippen LogP contribution in [0, 0.1) is 0 Å². The van der Waals surface area contributed by atoms with Crippen LogP contribution in [0.4, 0.5) is 5.69 Å². The second-order valence-corrected chi connectivity index (χ2v) is 7.77. The molecule has 3 aromatic carbocycles. The normalized spacial score (nSPS) is 11.8. The fraction of sp³-hybridized carbons (Fsp3) is 0. The fourth-order valence-corrected chi connectivity index (χ4v) is 3.45. The van der Waals surface area contributed by atoms with Crippen molar-refractivity contribution in [3.05, 3.63) is 95.0 Å². The van der Waals surface area contributed by atoms with Gasteiger partial charge in [0.15, 0.2) is 5.84 Å². The molecule has 0 heterocycles. The third kappa shape index (κ3) is 4.76. The lowest BCUT2D eigenvalue weighted by molar-refractivity contribution is -0.255. The van der Waals surface area contributed by atoms with Crippen molar-refractivity contribution in [3.63, 3.8) is 0 Å². The number of anilines is 1. The Kier molecular flexibility index (Phi) is 5.77. The minimum absolute atomic E-state index is 0.000527. The molecule has 8 heteroatoms. The Hall–Kier alpha value is -3.16. The van der Waals surface area contributed by atoms with Crippen molar-refractivity contribution in [2.45, 2.75) is 4.90 Å². The number of hydrogen-bond donors (Lipinski definition) is 1. The van der Waals surface area contributed by atoms with Crippen LogP contribution in [-0.2, 0) is 10.0 Å². The summed E-state index contributed by atoms with van der Waals surface area (Å²) in [6.45, 7) is 0. The van der Waals surface area contributed by atoms with E-state index in [9.17, 15) is 18.3 Å². The molecule has 0 bridgehead atoms. The van der Waals surface area contributed by atoms with Gasteiger partial charge in [0.1, 0.15) is 0 Å². The molecule has 6 nitrogen and oxygen atoms in total. The first-order valence-corrected chi connectivity index (χ1v) is 9.91. The minimum atomic E-state index is -4.00. The predicted molar refractivity (Wildman–Crippen MR) is 106 cm³/mol. The Bertz CT molecular complexity index is 1110. The van der Waals surface area contributed by atoms with Gasteiger partial charge in [-0.25, -0.2) is 0 Å². The summed E-state index contributed by atoms with van der Waals surface area (Å²) in [5.74, 6) is -1.20. The number of rotatable bonds is 5. The zero-order valence-corrected chi connectivity index (χ0v) is 15.9. The van der Waals surface area contributed by atoms with Crippen LogP contribution >= 0.6 is 11.6 Å². The summed E-state index contributed by atoms with van der Waals surface area (Å²) < 4.78 is 29.3. The summed E-state index contributed by atoms with van der Waals surface area (Å²) in [5, 5.41) is 14.2. The third-order valence-electron chi connectivity index (χ3n) is 3.75. The number of carboxylic acids is 1. The van der Waals surface area contributed by atoms with Crippen molar-refractivity contribution in [1.82, 2.24) is 0 Å². The van der Waals surface area contributed by atoms with Crippen molar-refractivity contribution in [3.8, 4) is 0 Å². The van der Waals surface area contributed by atoms with Crippen LogP contribution in [0.1, 0.15) is 15.9 Å². The number of aromatic carboxylic acids is 1. The average molecular weight is 414 g/mol. The first-order valence-electron chi connectivity index (χ1n) is 8.09. The van der Waals surface area contributed by atoms with E-state index in [1.165, 1.54) is 48.5 Å². The second kappa shape index (κ2) is 8.24. The number of nitrogens with zero attached hydrogens (tertiary/aromatic N) is 1. The standard InChI is InChI=1S/C20H15ClN2O4S/c21-16-8-12-18(13-9-16)28(26,27)23-19(14-4-2-1-3-5-14)22-17-10-6-15(7-11-17)20(24)25/h1-13H,(H,22,23)(H,24,25)/p-1. The van der Waals surface area contributed by atoms with Gasteiger partial charge in [-0.1, -0.05) is 54.1 Å². The molecule has 28 heavy (non-hydrogen) atoms. The van der Waals surface area contributed by atoms with Crippen molar-refractivity contribution in [1.29, 1.82) is 0 Å². The van der Waals surface area contributed by atoms with Gasteiger partial charge in [0, 0.05) is 16.3 Å². The van der Waals surface area contributed by atoms with E-state index >= 15 is 0 Å². The highest BCUT2D eigenvalue weighted by molar-refractivity contribution is 7.90. The van der Waals surface area contributed by atoms with Crippen LogP contribution in [0.3, 0.4) is 0 Å². The molecular weight excluding hydrogens is 400 g/mol. The highest BCUT2D eigenvalue weighted by Gasteiger charge is 2.16. The summed E-state index contributed by atoms with van der Waals surface area (Å²) in [7, 11) is -4.00. The molecule has 3 rings (SSSR count). The molecule has 3 aromatic rings. The van der Waals surface area contributed by atoms with E-state index in [0.29, 0.717) is 16.3 Å². The van der Waals surface area contributed by atoms with Crippen molar-refractivity contribution >= 4 is 39.1 Å². The molecule has 0 aliphatic carbocycles. The van der Waals surface area contributed by atoms with E-state index in [2.05, 4.69) is 9.71 Å². The Morgan fingerprint density at radius 2 is 1.46 bits per heavy atom. The van der Waals surface area contributed by atoms with Gasteiger partial charge >= 0.3 is 0 Å². The Morgan fingerprint density at radius 3 is 2.04 bits per heavy atom. The van der Waals surface area contributed by atoms with Crippen molar-refractivity contribution in [2.24, 2.45) is 4.40 Å². The minimum Gasteiger partial charge on any atom is -0.545 e. The van der Waals surface area contributed by atoms with Gasteiger partial charge in [-0.3, -0.25) is 0 Å². The second-order valence-electron chi connectivity index (χ2n) is 5.72. The van der Waals surface area contributed by atoms with E-state index in [4.69, 9.17) is 11.6 Å². The molecule has 0 spiro atoms. The van der Waals surface area contributed by atoms with E-state index in [1.807, 2.05) is 0 Å². The molecule has 0 radical (unpaired) electrons. The molecule has 0 amide bonds. The quantitative estimate of drug-likeness (QED) is 0.512.